The summed E-state index contributed by atoms with van der Waals surface area (Å²) >= 11 is 0. The number of nitrogens with one attached hydrogen (secondary N) is 2. The topological polar surface area (TPSA) is 50.4 Å². The van der Waals surface area contributed by atoms with Gasteiger partial charge in [0.2, 0.25) is 5.91 Å². The number of rotatable bonds is 4. The highest BCUT2D eigenvalue weighted by Gasteiger charge is 2.21. The fraction of sp³-hybridized carbons (Fsp3) is 0.462. The molecular weight excluding hydrogens is 252 g/mol. The van der Waals surface area contributed by atoms with Gasteiger partial charge < -0.3 is 15.4 Å². The van der Waals surface area contributed by atoms with Crippen molar-refractivity contribution in [3.05, 3.63) is 29.8 Å². The smallest absolute Gasteiger partial charge is 0.241 e. The summed E-state index contributed by atoms with van der Waals surface area (Å²) < 4.78 is 5.06. The Morgan fingerprint density at radius 1 is 1.56 bits per heavy atom. The average molecular weight is 271 g/mol. The van der Waals surface area contributed by atoms with Gasteiger partial charge in [0.05, 0.1) is 12.6 Å². The quantitative estimate of drug-likeness (QED) is 0.879. The van der Waals surface area contributed by atoms with Crippen LogP contribution < -0.4 is 10.6 Å². The predicted octanol–water partition coefficient (Wildman–Crippen LogP) is 1.95. The second-order valence-corrected chi connectivity index (χ2v) is 4.27. The van der Waals surface area contributed by atoms with Gasteiger partial charge in [0.15, 0.2) is 0 Å². The van der Waals surface area contributed by atoms with Crippen LogP contribution in [0.5, 0.6) is 0 Å². The Labute approximate surface area is 114 Å². The molecule has 5 heteroatoms. The summed E-state index contributed by atoms with van der Waals surface area (Å²) in [6.45, 7) is 1.49. The van der Waals surface area contributed by atoms with E-state index in [1.807, 2.05) is 24.3 Å². The van der Waals surface area contributed by atoms with Crippen LogP contribution in [0.2, 0.25) is 0 Å². The first kappa shape index (κ1) is 15.0. The van der Waals surface area contributed by atoms with E-state index < -0.39 is 0 Å². The minimum absolute atomic E-state index is 0. The summed E-state index contributed by atoms with van der Waals surface area (Å²) in [4.78, 5) is 11.9. The molecule has 0 saturated carbocycles. The van der Waals surface area contributed by atoms with Crippen LogP contribution in [0.15, 0.2) is 24.3 Å². The van der Waals surface area contributed by atoms with Crippen LogP contribution in [0.1, 0.15) is 18.4 Å². The fourth-order valence-electron chi connectivity index (χ4n) is 2.04. The zero-order chi connectivity index (χ0) is 12.1. The van der Waals surface area contributed by atoms with Crippen molar-refractivity contribution in [2.75, 3.05) is 19.0 Å². The Balaban J connectivity index is 0.00000162. The summed E-state index contributed by atoms with van der Waals surface area (Å²) in [5, 5.41) is 6.11. The van der Waals surface area contributed by atoms with Crippen molar-refractivity contribution in [2.24, 2.45) is 0 Å². The van der Waals surface area contributed by atoms with Gasteiger partial charge in [-0.3, -0.25) is 4.79 Å². The monoisotopic (exact) mass is 270 g/mol. The van der Waals surface area contributed by atoms with Crippen LogP contribution in [-0.4, -0.2) is 25.6 Å². The molecular formula is C13H19ClN2O2. The Morgan fingerprint density at radius 2 is 2.39 bits per heavy atom. The molecule has 0 bridgehead atoms. The molecule has 0 spiro atoms. The summed E-state index contributed by atoms with van der Waals surface area (Å²) in [5.74, 6) is 0.0528. The SMILES string of the molecule is COCc1cccc(NC(=O)C2CCCN2)c1.Cl. The highest BCUT2D eigenvalue weighted by atomic mass is 35.5. The summed E-state index contributed by atoms with van der Waals surface area (Å²) in [6, 6.07) is 7.70. The first-order chi connectivity index (χ1) is 8.29. The molecule has 100 valence electrons. The van der Waals surface area contributed by atoms with Gasteiger partial charge in [0, 0.05) is 12.8 Å². The van der Waals surface area contributed by atoms with Gasteiger partial charge >= 0.3 is 0 Å². The molecule has 2 rings (SSSR count). The number of halogens is 1. The molecule has 1 heterocycles. The molecule has 1 atom stereocenters. The van der Waals surface area contributed by atoms with Crippen LogP contribution in [0.3, 0.4) is 0 Å². The summed E-state index contributed by atoms with van der Waals surface area (Å²) in [5.41, 5.74) is 1.89. The van der Waals surface area contributed by atoms with Crippen LogP contribution in [-0.2, 0) is 16.1 Å². The minimum Gasteiger partial charge on any atom is -0.380 e. The second-order valence-electron chi connectivity index (χ2n) is 4.27. The second kappa shape index (κ2) is 7.36. The van der Waals surface area contributed by atoms with E-state index in [2.05, 4.69) is 10.6 Å². The molecule has 0 aromatic heterocycles. The van der Waals surface area contributed by atoms with E-state index in [0.717, 1.165) is 30.6 Å². The third-order valence-corrected chi connectivity index (χ3v) is 2.88. The number of hydrogen-bond donors (Lipinski definition) is 2. The lowest BCUT2D eigenvalue weighted by Gasteiger charge is -2.11. The van der Waals surface area contributed by atoms with Crippen molar-refractivity contribution < 1.29 is 9.53 Å². The molecule has 0 radical (unpaired) electrons. The summed E-state index contributed by atoms with van der Waals surface area (Å²) in [6.07, 6.45) is 1.99. The lowest BCUT2D eigenvalue weighted by molar-refractivity contribution is -0.117. The van der Waals surface area contributed by atoms with E-state index in [4.69, 9.17) is 4.74 Å². The molecule has 1 aromatic carbocycles. The van der Waals surface area contributed by atoms with Crippen LogP contribution in [0, 0.1) is 0 Å². The van der Waals surface area contributed by atoms with Gasteiger partial charge in [-0.15, -0.1) is 12.4 Å². The molecule has 1 aromatic rings. The van der Waals surface area contributed by atoms with Crippen molar-refractivity contribution in [1.29, 1.82) is 0 Å². The molecule has 0 aliphatic carbocycles. The van der Waals surface area contributed by atoms with Crippen molar-refractivity contribution in [2.45, 2.75) is 25.5 Å². The lowest BCUT2D eigenvalue weighted by Crippen LogP contribution is -2.35. The maximum Gasteiger partial charge on any atom is 0.241 e. The van der Waals surface area contributed by atoms with E-state index in [0.29, 0.717) is 6.61 Å². The Kier molecular flexibility index (Phi) is 6.12. The average Bonchev–Trinajstić information content (AvgIpc) is 2.83. The number of methoxy groups -OCH3 is 1. The van der Waals surface area contributed by atoms with E-state index in [-0.39, 0.29) is 24.4 Å². The van der Waals surface area contributed by atoms with Gasteiger partial charge in [-0.2, -0.15) is 0 Å². The standard InChI is InChI=1S/C13H18N2O2.ClH/c1-17-9-10-4-2-5-11(8-10)15-13(16)12-6-3-7-14-12;/h2,4-5,8,12,14H,3,6-7,9H2,1H3,(H,15,16);1H. The zero-order valence-corrected chi connectivity index (χ0v) is 11.3. The van der Waals surface area contributed by atoms with E-state index in [1.54, 1.807) is 7.11 Å². The maximum absolute atomic E-state index is 11.9. The molecule has 4 nitrogen and oxygen atoms in total. The molecule has 2 N–H and O–H groups in total. The molecule has 1 aliphatic rings. The molecule has 1 aliphatic heterocycles. The van der Waals surface area contributed by atoms with Gasteiger partial charge in [-0.1, -0.05) is 12.1 Å². The van der Waals surface area contributed by atoms with E-state index in [9.17, 15) is 4.79 Å². The van der Waals surface area contributed by atoms with Gasteiger partial charge in [-0.05, 0) is 37.1 Å². The Bertz CT molecular complexity index is 392. The zero-order valence-electron chi connectivity index (χ0n) is 10.4. The number of ether oxygens (including phenoxy) is 1. The lowest BCUT2D eigenvalue weighted by atomic mass is 10.2. The number of hydrogen-bond acceptors (Lipinski definition) is 3. The molecule has 1 unspecified atom stereocenters. The third-order valence-electron chi connectivity index (χ3n) is 2.88. The number of carbonyl (C=O) groups is 1. The minimum atomic E-state index is -0.0407. The van der Waals surface area contributed by atoms with Crippen LogP contribution in [0.4, 0.5) is 5.69 Å². The molecule has 1 saturated heterocycles. The maximum atomic E-state index is 11.9. The van der Waals surface area contributed by atoms with E-state index in [1.165, 1.54) is 0 Å². The number of benzene rings is 1. The van der Waals surface area contributed by atoms with E-state index >= 15 is 0 Å². The number of amides is 1. The highest BCUT2D eigenvalue weighted by Crippen LogP contribution is 2.13. The van der Waals surface area contributed by atoms with Crippen molar-refractivity contribution >= 4 is 24.0 Å². The molecule has 1 amide bonds. The molecule has 18 heavy (non-hydrogen) atoms. The first-order valence-electron chi connectivity index (χ1n) is 5.92. The first-order valence-corrected chi connectivity index (χ1v) is 5.92. The van der Waals surface area contributed by atoms with Gasteiger partial charge in [0.25, 0.3) is 0 Å². The van der Waals surface area contributed by atoms with Crippen LogP contribution >= 0.6 is 12.4 Å². The highest BCUT2D eigenvalue weighted by molar-refractivity contribution is 5.95. The fourth-order valence-corrected chi connectivity index (χ4v) is 2.04. The normalized spacial score (nSPS) is 18.2. The van der Waals surface area contributed by atoms with Crippen LogP contribution in [0.25, 0.3) is 0 Å². The van der Waals surface area contributed by atoms with Crippen molar-refractivity contribution in [3.8, 4) is 0 Å². The largest absolute Gasteiger partial charge is 0.380 e. The number of anilines is 1. The number of carbonyl (C=O) groups excluding carboxylic acids is 1. The predicted molar refractivity (Wildman–Crippen MR) is 74.1 cm³/mol. The summed E-state index contributed by atoms with van der Waals surface area (Å²) in [7, 11) is 1.66. The molecule has 1 fully saturated rings. The Hall–Kier alpha value is -1.10. The van der Waals surface area contributed by atoms with Gasteiger partial charge in [0.1, 0.15) is 0 Å². The Morgan fingerprint density at radius 3 is 3.06 bits per heavy atom. The van der Waals surface area contributed by atoms with Crippen molar-refractivity contribution in [3.63, 3.8) is 0 Å². The van der Waals surface area contributed by atoms with Crippen molar-refractivity contribution in [1.82, 2.24) is 5.32 Å². The third kappa shape index (κ3) is 3.98. The van der Waals surface area contributed by atoms with Gasteiger partial charge in [-0.25, -0.2) is 0 Å².